The lowest BCUT2D eigenvalue weighted by atomic mass is 9.70. The van der Waals surface area contributed by atoms with Gasteiger partial charge >= 0.3 is 6.03 Å². The number of urea groups is 1. The number of benzene rings is 2. The van der Waals surface area contributed by atoms with E-state index < -0.39 is 17.7 Å². The van der Waals surface area contributed by atoms with Crippen molar-refractivity contribution in [1.82, 2.24) is 15.2 Å². The lowest BCUT2D eigenvalue weighted by Crippen LogP contribution is -2.49. The highest BCUT2D eigenvalue weighted by molar-refractivity contribution is 5.92. The molecule has 1 saturated carbocycles. The molecule has 3 N–H and O–H groups in total. The van der Waals surface area contributed by atoms with Crippen molar-refractivity contribution >= 4 is 16.9 Å². The predicted octanol–water partition coefficient (Wildman–Crippen LogP) is 4.15. The molecule has 34 heavy (non-hydrogen) atoms. The van der Waals surface area contributed by atoms with E-state index in [0.29, 0.717) is 29.8 Å². The number of rotatable bonds is 5. The van der Waals surface area contributed by atoms with E-state index >= 15 is 0 Å². The van der Waals surface area contributed by atoms with Crippen LogP contribution in [0.15, 0.2) is 36.4 Å². The molecule has 9 heteroatoms. The van der Waals surface area contributed by atoms with Crippen molar-refractivity contribution in [3.05, 3.63) is 59.4 Å². The molecule has 180 valence electrons. The van der Waals surface area contributed by atoms with Crippen LogP contribution in [0.2, 0.25) is 0 Å². The number of aliphatic hydroxyl groups excluding tert-OH is 1. The fourth-order valence-corrected chi connectivity index (χ4v) is 5.05. The summed E-state index contributed by atoms with van der Waals surface area (Å²) < 4.78 is 47.2. The second-order valence-electron chi connectivity index (χ2n) is 9.23. The van der Waals surface area contributed by atoms with E-state index in [2.05, 4.69) is 10.3 Å². The topological polar surface area (TPSA) is 77.6 Å². The fourth-order valence-electron chi connectivity index (χ4n) is 5.05. The zero-order chi connectivity index (χ0) is 24.0. The Morgan fingerprint density at radius 1 is 1.15 bits per heavy atom. The molecule has 1 saturated heterocycles. The predicted molar refractivity (Wildman–Crippen MR) is 121 cm³/mol. The number of carbonyl (C=O) groups is 1. The summed E-state index contributed by atoms with van der Waals surface area (Å²) in [4.78, 5) is 17.0. The number of hydrogen-bond donors (Lipinski definition) is 3. The van der Waals surface area contributed by atoms with Gasteiger partial charge in [0.25, 0.3) is 0 Å². The number of nitrogens with zero attached hydrogens (tertiary/aromatic N) is 1. The monoisotopic (exact) mass is 473 g/mol. The molecule has 6 nitrogen and oxygen atoms in total. The Labute approximate surface area is 194 Å². The third-order valence-corrected chi connectivity index (χ3v) is 7.02. The Hall–Kier alpha value is -3.04. The summed E-state index contributed by atoms with van der Waals surface area (Å²) >= 11 is 0. The maximum atomic E-state index is 14.5. The Bertz CT molecular complexity index is 1210. The smallest absolute Gasteiger partial charge is 0.317 e. The van der Waals surface area contributed by atoms with Gasteiger partial charge in [-0.15, -0.1) is 0 Å². The van der Waals surface area contributed by atoms with Crippen LogP contribution in [-0.4, -0.2) is 60.0 Å². The van der Waals surface area contributed by atoms with Crippen LogP contribution in [0.25, 0.3) is 22.2 Å². The number of aromatic nitrogens is 1. The van der Waals surface area contributed by atoms with Crippen LogP contribution in [0, 0.1) is 23.4 Å². The van der Waals surface area contributed by atoms with Crippen LogP contribution in [0.5, 0.6) is 0 Å². The second kappa shape index (κ2) is 8.96. The van der Waals surface area contributed by atoms with Gasteiger partial charge in [-0.05, 0) is 66.1 Å². The molecular formula is C25H26F3N3O3. The number of halogens is 3. The van der Waals surface area contributed by atoms with Crippen LogP contribution in [0.3, 0.4) is 0 Å². The van der Waals surface area contributed by atoms with Crippen molar-refractivity contribution < 1.29 is 27.8 Å². The molecule has 2 amide bonds. The van der Waals surface area contributed by atoms with E-state index in [1.54, 1.807) is 19.2 Å². The number of nitrogens with one attached hydrogen (secondary N) is 2. The van der Waals surface area contributed by atoms with Crippen LogP contribution in [-0.2, 0) is 4.74 Å². The van der Waals surface area contributed by atoms with Crippen molar-refractivity contribution in [1.29, 1.82) is 0 Å². The Morgan fingerprint density at radius 3 is 2.56 bits per heavy atom. The molecule has 2 unspecified atom stereocenters. The minimum absolute atomic E-state index is 0.0414. The minimum atomic E-state index is -0.698. The summed E-state index contributed by atoms with van der Waals surface area (Å²) in [6.07, 6.45) is 0.771. The van der Waals surface area contributed by atoms with E-state index in [1.165, 1.54) is 23.1 Å². The first kappa shape index (κ1) is 22.7. The lowest BCUT2D eigenvalue weighted by molar-refractivity contribution is 0.102. The number of aliphatic hydroxyl groups is 1. The van der Waals surface area contributed by atoms with Gasteiger partial charge in [-0.1, -0.05) is 0 Å². The number of hydrogen-bond acceptors (Lipinski definition) is 3. The summed E-state index contributed by atoms with van der Waals surface area (Å²) in [6, 6.07) is 7.43. The number of fused-ring (bicyclic) bond motifs is 1. The maximum absolute atomic E-state index is 14.5. The highest BCUT2D eigenvalue weighted by Crippen LogP contribution is 2.48. The third-order valence-electron chi connectivity index (χ3n) is 7.02. The molecule has 0 bridgehead atoms. The molecule has 5 rings (SSSR count). The molecule has 2 fully saturated rings. The summed E-state index contributed by atoms with van der Waals surface area (Å²) in [5, 5.41) is 13.3. The van der Waals surface area contributed by atoms with Crippen molar-refractivity contribution in [3.63, 3.8) is 0 Å². The van der Waals surface area contributed by atoms with Crippen LogP contribution >= 0.6 is 0 Å². The first-order valence-corrected chi connectivity index (χ1v) is 11.3. The molecule has 3 aromatic rings. The second-order valence-corrected chi connectivity index (χ2v) is 9.23. The molecule has 2 heterocycles. The highest BCUT2D eigenvalue weighted by atomic mass is 19.1. The van der Waals surface area contributed by atoms with Gasteiger partial charge < -0.3 is 25.0 Å². The fraction of sp³-hybridized carbons (Fsp3) is 0.400. The summed E-state index contributed by atoms with van der Waals surface area (Å²) in [5.74, 6) is -1.45. The normalized spacial score (nSPS) is 24.3. The van der Waals surface area contributed by atoms with Crippen LogP contribution in [0.1, 0.15) is 24.3 Å². The molecule has 1 aliphatic carbocycles. The van der Waals surface area contributed by atoms with Gasteiger partial charge in [0.05, 0.1) is 36.6 Å². The van der Waals surface area contributed by atoms with E-state index in [-0.39, 0.29) is 41.8 Å². The Kier molecular flexibility index (Phi) is 5.99. The van der Waals surface area contributed by atoms with Gasteiger partial charge in [0.1, 0.15) is 17.5 Å². The van der Waals surface area contributed by atoms with Gasteiger partial charge in [0.15, 0.2) is 0 Å². The lowest BCUT2D eigenvalue weighted by Gasteiger charge is -2.37. The van der Waals surface area contributed by atoms with Crippen molar-refractivity contribution in [2.45, 2.75) is 30.9 Å². The molecule has 1 aliphatic heterocycles. The molecule has 2 aliphatic rings. The highest BCUT2D eigenvalue weighted by Gasteiger charge is 2.36. The van der Waals surface area contributed by atoms with Gasteiger partial charge in [-0.2, -0.15) is 0 Å². The largest absolute Gasteiger partial charge is 0.388 e. The number of carbonyl (C=O) groups excluding carboxylic acids is 1. The summed E-state index contributed by atoms with van der Waals surface area (Å²) in [7, 11) is 1.63. The van der Waals surface area contributed by atoms with Gasteiger partial charge in [-0.3, -0.25) is 0 Å². The van der Waals surface area contributed by atoms with Gasteiger partial charge in [0, 0.05) is 25.0 Å². The number of likely N-dealkylation sites (N-methyl/N-ethyl adjacent to an activating group) is 1. The molecule has 1 aromatic heterocycles. The van der Waals surface area contributed by atoms with E-state index in [4.69, 9.17) is 4.74 Å². The number of aromatic amines is 1. The Morgan fingerprint density at radius 2 is 1.88 bits per heavy atom. The SMILES string of the molecule is CN(C(=O)NCC1CC(c2c(-c3ccc(F)cc3)[nH]c3c(F)cc(F)cc23)C1)C1COCC1O. The molecule has 2 atom stereocenters. The molecule has 0 spiro atoms. The van der Waals surface area contributed by atoms with Gasteiger partial charge in [-0.25, -0.2) is 18.0 Å². The standard InChI is InChI=1S/C25H26F3N3O3/c1-31(20-11-34-12-21(20)32)25(33)29-10-13-6-15(7-13)22-18-8-17(27)9-19(28)24(18)30-23(22)14-2-4-16(26)5-3-14/h2-5,8-9,13,15,20-21,30,32H,6-7,10-12H2,1H3,(H,29,33). The Balaban J connectivity index is 1.32. The van der Waals surface area contributed by atoms with E-state index in [1.807, 2.05) is 0 Å². The quantitative estimate of drug-likeness (QED) is 0.521. The van der Waals surface area contributed by atoms with Crippen molar-refractivity contribution in [2.75, 3.05) is 26.8 Å². The first-order valence-electron chi connectivity index (χ1n) is 11.3. The summed E-state index contributed by atoms with van der Waals surface area (Å²) in [6.45, 7) is 0.978. The third kappa shape index (κ3) is 4.14. The molecule has 2 aromatic carbocycles. The van der Waals surface area contributed by atoms with E-state index in [0.717, 1.165) is 24.5 Å². The minimum Gasteiger partial charge on any atom is -0.388 e. The zero-order valence-electron chi connectivity index (χ0n) is 18.7. The van der Waals surface area contributed by atoms with Crippen molar-refractivity contribution in [2.24, 2.45) is 5.92 Å². The molecule has 0 radical (unpaired) electrons. The first-order chi connectivity index (χ1) is 16.3. The van der Waals surface area contributed by atoms with Crippen LogP contribution in [0.4, 0.5) is 18.0 Å². The van der Waals surface area contributed by atoms with Crippen LogP contribution < -0.4 is 5.32 Å². The van der Waals surface area contributed by atoms with E-state index in [9.17, 15) is 23.1 Å². The zero-order valence-corrected chi connectivity index (χ0v) is 18.7. The number of H-pyrrole nitrogens is 1. The maximum Gasteiger partial charge on any atom is 0.317 e. The molecular weight excluding hydrogens is 447 g/mol. The summed E-state index contributed by atoms with van der Waals surface area (Å²) in [5.41, 5.74) is 2.39. The number of ether oxygens (including phenoxy) is 1. The van der Waals surface area contributed by atoms with Crippen molar-refractivity contribution in [3.8, 4) is 11.3 Å². The average molecular weight is 473 g/mol. The average Bonchev–Trinajstić information content (AvgIpc) is 3.36. The number of amides is 2. The van der Waals surface area contributed by atoms with Gasteiger partial charge in [0.2, 0.25) is 0 Å².